The largest absolute Gasteiger partial charge is 0.444 e. The second-order valence-electron chi connectivity index (χ2n) is 15.1. The predicted octanol–water partition coefficient (Wildman–Crippen LogP) is 3.67. The first-order valence-corrected chi connectivity index (χ1v) is 19.6. The van der Waals surface area contributed by atoms with E-state index in [2.05, 4.69) is 16.4 Å². The number of amides is 4. The number of rotatable bonds is 6. The van der Waals surface area contributed by atoms with Gasteiger partial charge in [-0.1, -0.05) is 36.6 Å². The van der Waals surface area contributed by atoms with Crippen molar-refractivity contribution in [3.8, 4) is 0 Å². The standard InChI is InChI=1S/C36H48ClN5O9S/c1-35(2,3)51-33(46)38-28-16-11-9-7-6-8-10-14-24-18-36(24,30(43)22-52(48,49)40(4)5)39-31(44)29-17-25(20-42(29)32(28)45)50-34(47)41-19-23-13-12-15-27(37)26(23)21-41/h8,12-15,24-25,28-29H,6-7,9,11,16-22H2,1-5H3,(H,38,46)(H,39,44)/t10?,24-,25-,28+,29+,36-/m1/s1. The van der Waals surface area contributed by atoms with Crippen LogP contribution in [0.5, 0.6) is 0 Å². The average Bonchev–Trinajstić information content (AvgIpc) is 3.35. The summed E-state index contributed by atoms with van der Waals surface area (Å²) in [6.07, 6.45) is 4.23. The normalized spacial score (nSPS) is 26.7. The molecule has 1 aromatic carbocycles. The smallest absolute Gasteiger partial charge is 0.410 e. The minimum absolute atomic E-state index is 0.0926. The van der Waals surface area contributed by atoms with Crippen molar-refractivity contribution in [2.45, 2.75) is 108 Å². The minimum Gasteiger partial charge on any atom is -0.444 e. The lowest BCUT2D eigenvalue weighted by Crippen LogP contribution is -2.57. The van der Waals surface area contributed by atoms with Crippen LogP contribution in [-0.2, 0) is 47.0 Å². The van der Waals surface area contributed by atoms with Crippen molar-refractivity contribution < 1.29 is 41.9 Å². The third-order valence-electron chi connectivity index (χ3n) is 9.77. The van der Waals surface area contributed by atoms with Gasteiger partial charge in [-0.3, -0.25) is 19.3 Å². The van der Waals surface area contributed by atoms with Crippen molar-refractivity contribution >= 4 is 51.4 Å². The molecule has 3 heterocycles. The van der Waals surface area contributed by atoms with E-state index >= 15 is 0 Å². The Hall–Kier alpha value is -3.91. The monoisotopic (exact) mass is 761 g/mol. The molecule has 0 unspecified atom stereocenters. The molecule has 0 spiro atoms. The van der Waals surface area contributed by atoms with Crippen LogP contribution in [0.1, 0.15) is 76.8 Å². The summed E-state index contributed by atoms with van der Waals surface area (Å²) in [5, 5.41) is 6.03. The van der Waals surface area contributed by atoms with Gasteiger partial charge in [0, 0.05) is 38.0 Å². The number of alkyl carbamates (subject to hydrolysis) is 1. The molecule has 4 amide bonds. The zero-order valence-electron chi connectivity index (χ0n) is 30.3. The average molecular weight is 762 g/mol. The Balaban J connectivity index is 1.43. The Morgan fingerprint density at radius 1 is 1.13 bits per heavy atom. The van der Waals surface area contributed by atoms with Gasteiger partial charge in [0.25, 0.3) is 0 Å². The lowest BCUT2D eigenvalue weighted by Gasteiger charge is -2.30. The summed E-state index contributed by atoms with van der Waals surface area (Å²) >= 11 is 6.35. The van der Waals surface area contributed by atoms with Gasteiger partial charge < -0.3 is 25.0 Å². The molecular formula is C36H48ClN5O9S. The van der Waals surface area contributed by atoms with Gasteiger partial charge in [0.15, 0.2) is 5.78 Å². The van der Waals surface area contributed by atoms with Crippen LogP contribution in [0.25, 0.3) is 0 Å². The van der Waals surface area contributed by atoms with Crippen LogP contribution in [-0.4, -0.2) is 108 Å². The highest BCUT2D eigenvalue weighted by atomic mass is 35.5. The quantitative estimate of drug-likeness (QED) is 0.411. The number of carbonyl (C=O) groups is 5. The Kier molecular flexibility index (Phi) is 11.8. The molecule has 0 bridgehead atoms. The molecule has 1 aliphatic carbocycles. The Bertz CT molecular complexity index is 1770. The molecule has 284 valence electrons. The fourth-order valence-corrected chi connectivity index (χ4v) is 7.90. The van der Waals surface area contributed by atoms with E-state index < -0.39 is 80.8 Å². The highest BCUT2D eigenvalue weighted by molar-refractivity contribution is 7.89. The maximum atomic E-state index is 14.3. The maximum absolute atomic E-state index is 14.3. The van der Waals surface area contributed by atoms with Gasteiger partial charge in [0.2, 0.25) is 21.8 Å². The zero-order valence-corrected chi connectivity index (χ0v) is 31.8. The number of Topliss-reactive ketones (excluding diaryl/α,β-unsaturated/α-hetero) is 1. The SMILES string of the molecule is CN(C)S(=O)(=O)CC(=O)[C@@]12C[C@H]1C=C=CCCCCC[C@H](NC(=O)OC(C)(C)C)C(=O)N1C[C@H](OC(=O)N3Cc4cccc(Cl)c4C3)C[C@H]1C(=O)N2. The molecule has 4 aliphatic rings. The number of nitrogens with zero attached hydrogens (tertiary/aromatic N) is 3. The molecule has 0 radical (unpaired) electrons. The Morgan fingerprint density at radius 2 is 1.88 bits per heavy atom. The molecule has 1 saturated carbocycles. The van der Waals surface area contributed by atoms with Crippen molar-refractivity contribution in [3.63, 3.8) is 0 Å². The summed E-state index contributed by atoms with van der Waals surface area (Å²) < 4.78 is 37.8. The first-order chi connectivity index (χ1) is 24.4. The second-order valence-corrected chi connectivity index (χ2v) is 17.7. The summed E-state index contributed by atoms with van der Waals surface area (Å²) in [5.41, 5.74) is 2.43. The number of sulfonamides is 1. The van der Waals surface area contributed by atoms with Gasteiger partial charge in [0.1, 0.15) is 35.1 Å². The number of ketones is 1. The third-order valence-corrected chi connectivity index (χ3v) is 11.9. The van der Waals surface area contributed by atoms with Crippen molar-refractivity contribution in [2.24, 2.45) is 5.92 Å². The summed E-state index contributed by atoms with van der Waals surface area (Å²) in [5.74, 6) is -3.30. The first kappa shape index (κ1) is 39.3. The van der Waals surface area contributed by atoms with E-state index in [-0.39, 0.29) is 38.9 Å². The lowest BCUT2D eigenvalue weighted by atomic mass is 10.0. The van der Waals surface area contributed by atoms with E-state index in [0.717, 1.165) is 28.3 Å². The molecule has 2 N–H and O–H groups in total. The Labute approximate surface area is 309 Å². The van der Waals surface area contributed by atoms with Gasteiger partial charge in [-0.2, -0.15) is 0 Å². The van der Waals surface area contributed by atoms with Gasteiger partial charge in [-0.05, 0) is 75.8 Å². The Morgan fingerprint density at radius 3 is 2.58 bits per heavy atom. The van der Waals surface area contributed by atoms with E-state index in [1.807, 2.05) is 12.1 Å². The third kappa shape index (κ3) is 9.17. The number of nitrogens with one attached hydrogen (secondary N) is 2. The lowest BCUT2D eigenvalue weighted by molar-refractivity contribution is -0.141. The van der Waals surface area contributed by atoms with E-state index in [9.17, 15) is 32.4 Å². The molecule has 52 heavy (non-hydrogen) atoms. The minimum atomic E-state index is -3.95. The van der Waals surface area contributed by atoms with E-state index in [1.54, 1.807) is 39.0 Å². The van der Waals surface area contributed by atoms with E-state index in [1.165, 1.54) is 23.9 Å². The van der Waals surface area contributed by atoms with Crippen LogP contribution in [0.15, 0.2) is 36.1 Å². The van der Waals surface area contributed by atoms with Crippen molar-refractivity contribution in [3.05, 3.63) is 52.2 Å². The first-order valence-electron chi connectivity index (χ1n) is 17.6. The fraction of sp³-hybridized carbons (Fsp3) is 0.611. The molecule has 1 saturated heterocycles. The van der Waals surface area contributed by atoms with Crippen molar-refractivity contribution in [2.75, 3.05) is 26.4 Å². The number of fused-ring (bicyclic) bond motifs is 3. The molecule has 3 aliphatic heterocycles. The van der Waals surface area contributed by atoms with Gasteiger partial charge in [-0.15, -0.1) is 5.73 Å². The predicted molar refractivity (Wildman–Crippen MR) is 191 cm³/mol. The molecule has 5 atom stereocenters. The summed E-state index contributed by atoms with van der Waals surface area (Å²) in [7, 11) is -1.30. The number of ether oxygens (including phenoxy) is 2. The van der Waals surface area contributed by atoms with Crippen molar-refractivity contribution in [1.82, 2.24) is 24.7 Å². The fourth-order valence-electron chi connectivity index (χ4n) is 6.80. The maximum Gasteiger partial charge on any atom is 0.410 e. The van der Waals surface area contributed by atoms with Crippen LogP contribution in [0.4, 0.5) is 9.59 Å². The van der Waals surface area contributed by atoms with Crippen LogP contribution >= 0.6 is 11.6 Å². The topological polar surface area (TPSA) is 172 Å². The summed E-state index contributed by atoms with van der Waals surface area (Å²) in [6, 6.07) is 3.15. The highest BCUT2D eigenvalue weighted by Gasteiger charge is 2.61. The van der Waals surface area contributed by atoms with E-state index in [4.69, 9.17) is 21.1 Å². The highest BCUT2D eigenvalue weighted by Crippen LogP contribution is 2.46. The second kappa shape index (κ2) is 15.6. The number of benzene rings is 1. The number of carbonyl (C=O) groups excluding carboxylic acids is 5. The van der Waals surface area contributed by atoms with Crippen LogP contribution in [0, 0.1) is 5.92 Å². The van der Waals surface area contributed by atoms with Crippen LogP contribution < -0.4 is 10.6 Å². The molecule has 1 aromatic rings. The molecular weight excluding hydrogens is 714 g/mol. The summed E-state index contributed by atoms with van der Waals surface area (Å²) in [4.78, 5) is 71.4. The molecule has 0 aromatic heterocycles. The number of hydrogen-bond acceptors (Lipinski definition) is 9. The van der Waals surface area contributed by atoms with Gasteiger partial charge in [-0.25, -0.2) is 22.3 Å². The van der Waals surface area contributed by atoms with Gasteiger partial charge in [0.05, 0.1) is 13.1 Å². The number of halogens is 1. The molecule has 14 nitrogen and oxygen atoms in total. The van der Waals surface area contributed by atoms with E-state index in [0.29, 0.717) is 17.9 Å². The zero-order chi connectivity index (χ0) is 38.0. The molecule has 16 heteroatoms. The van der Waals surface area contributed by atoms with Crippen LogP contribution in [0.3, 0.4) is 0 Å². The summed E-state index contributed by atoms with van der Waals surface area (Å²) in [6.45, 7) is 5.47. The van der Waals surface area contributed by atoms with Crippen molar-refractivity contribution in [1.29, 1.82) is 0 Å². The number of hydrogen-bond donors (Lipinski definition) is 2. The molecule has 2 fully saturated rings. The van der Waals surface area contributed by atoms with Gasteiger partial charge >= 0.3 is 12.2 Å². The van der Waals surface area contributed by atoms with Crippen LogP contribution in [0.2, 0.25) is 5.02 Å². The molecule has 5 rings (SSSR count).